The van der Waals surface area contributed by atoms with Gasteiger partial charge in [-0.25, -0.2) is 4.79 Å². The van der Waals surface area contributed by atoms with E-state index in [9.17, 15) is 18.0 Å². The van der Waals surface area contributed by atoms with Crippen molar-refractivity contribution in [1.82, 2.24) is 15.5 Å². The zero-order valence-corrected chi connectivity index (χ0v) is 9.96. The van der Waals surface area contributed by atoms with Crippen molar-refractivity contribution in [3.8, 4) is 0 Å². The molecule has 1 aromatic rings. The molecule has 1 N–H and O–H groups in total. The molecule has 0 atom stereocenters. The van der Waals surface area contributed by atoms with E-state index in [4.69, 9.17) is 4.74 Å². The monoisotopic (exact) mass is 267 g/mol. The summed E-state index contributed by atoms with van der Waals surface area (Å²) in [5.74, 6) is -1.74. The third kappa shape index (κ3) is 4.60. The molecule has 0 aliphatic heterocycles. The number of nitrogens with zero attached hydrogens (tertiary/aromatic N) is 2. The molecule has 9 heteroatoms. The average molecular weight is 267 g/mol. The number of halogens is 3. The first-order valence-electron chi connectivity index (χ1n) is 4.94. The maximum absolute atomic E-state index is 12.1. The average Bonchev–Trinajstić information content (AvgIpc) is 2.59. The van der Waals surface area contributed by atoms with Gasteiger partial charge in [0.15, 0.2) is 0 Å². The molecule has 0 aliphatic rings. The molecule has 1 amide bonds. The number of carbonyl (C=O) groups is 1. The molecule has 0 spiro atoms. The summed E-state index contributed by atoms with van der Waals surface area (Å²) in [7, 11) is 0. The van der Waals surface area contributed by atoms with E-state index in [0.717, 1.165) is 0 Å². The highest BCUT2D eigenvalue weighted by Crippen LogP contribution is 2.26. The smallest absolute Gasteiger partial charge is 0.444 e. The van der Waals surface area contributed by atoms with Gasteiger partial charge in [-0.2, -0.15) is 18.2 Å². The largest absolute Gasteiger partial charge is 0.455 e. The Bertz CT molecular complexity index is 423. The summed E-state index contributed by atoms with van der Waals surface area (Å²) in [6.45, 7) is 4.63. The summed E-state index contributed by atoms with van der Waals surface area (Å²) in [6.07, 6.45) is -5.46. The van der Waals surface area contributed by atoms with Crippen molar-refractivity contribution >= 4 is 6.09 Å². The Labute approximate surface area is 100 Å². The lowest BCUT2D eigenvalue weighted by molar-refractivity contribution is -0.146. The van der Waals surface area contributed by atoms with Crippen molar-refractivity contribution < 1.29 is 27.2 Å². The van der Waals surface area contributed by atoms with Gasteiger partial charge in [-0.15, -0.1) is 0 Å². The van der Waals surface area contributed by atoms with E-state index < -0.39 is 23.7 Å². The number of amides is 1. The molecule has 0 fully saturated rings. The summed E-state index contributed by atoms with van der Waals surface area (Å²) in [4.78, 5) is 14.3. The second-order valence-corrected chi connectivity index (χ2v) is 4.36. The molecule has 1 aromatic heterocycles. The Balaban J connectivity index is 2.50. The molecule has 18 heavy (non-hydrogen) atoms. The van der Waals surface area contributed by atoms with Crippen molar-refractivity contribution in [2.45, 2.75) is 39.1 Å². The van der Waals surface area contributed by atoms with Crippen molar-refractivity contribution in [3.05, 3.63) is 11.7 Å². The molecule has 0 aliphatic carbocycles. The minimum Gasteiger partial charge on any atom is -0.444 e. The molecule has 102 valence electrons. The molecular weight excluding hydrogens is 255 g/mol. The van der Waals surface area contributed by atoms with Crippen LogP contribution in [0.2, 0.25) is 0 Å². The third-order valence-corrected chi connectivity index (χ3v) is 1.50. The fourth-order valence-electron chi connectivity index (χ4n) is 0.904. The van der Waals surface area contributed by atoms with Crippen molar-refractivity contribution in [2.24, 2.45) is 0 Å². The third-order valence-electron chi connectivity index (χ3n) is 1.50. The highest BCUT2D eigenvalue weighted by molar-refractivity contribution is 5.67. The number of aromatic nitrogens is 2. The van der Waals surface area contributed by atoms with Gasteiger partial charge in [-0.3, -0.25) is 0 Å². The Morgan fingerprint density at radius 2 is 2.00 bits per heavy atom. The van der Waals surface area contributed by atoms with Gasteiger partial charge in [-0.05, 0) is 20.8 Å². The molecule has 0 unspecified atom stereocenters. The van der Waals surface area contributed by atoms with Crippen LogP contribution >= 0.6 is 0 Å². The van der Waals surface area contributed by atoms with E-state index in [2.05, 4.69) is 20.0 Å². The number of hydrogen-bond acceptors (Lipinski definition) is 5. The number of alkyl carbamates (subject to hydrolysis) is 1. The first-order valence-corrected chi connectivity index (χ1v) is 4.94. The molecule has 1 rings (SSSR count). The van der Waals surface area contributed by atoms with Gasteiger partial charge in [0.25, 0.3) is 5.82 Å². The molecule has 0 saturated heterocycles. The molecule has 0 radical (unpaired) electrons. The maximum Gasteiger partial charge on any atom is 0.455 e. The van der Waals surface area contributed by atoms with Gasteiger partial charge in [-0.1, -0.05) is 5.16 Å². The molecule has 6 nitrogen and oxygen atoms in total. The van der Waals surface area contributed by atoms with Crippen LogP contribution in [0.5, 0.6) is 0 Å². The van der Waals surface area contributed by atoms with Gasteiger partial charge < -0.3 is 14.6 Å². The summed E-state index contributed by atoms with van der Waals surface area (Å²) in [5, 5.41) is 4.93. The quantitative estimate of drug-likeness (QED) is 0.888. The van der Waals surface area contributed by atoms with E-state index in [1.807, 2.05) is 0 Å². The van der Waals surface area contributed by atoms with Gasteiger partial charge in [0.05, 0.1) is 0 Å². The predicted molar refractivity (Wildman–Crippen MR) is 52.4 cm³/mol. The number of rotatable bonds is 2. The van der Waals surface area contributed by atoms with Gasteiger partial charge in [0.2, 0.25) is 5.89 Å². The van der Waals surface area contributed by atoms with E-state index in [1.165, 1.54) is 0 Å². The van der Waals surface area contributed by atoms with E-state index in [0.29, 0.717) is 0 Å². The lowest BCUT2D eigenvalue weighted by Crippen LogP contribution is -2.32. The van der Waals surface area contributed by atoms with Crippen LogP contribution in [0.4, 0.5) is 18.0 Å². The molecule has 0 aromatic carbocycles. The first-order chi connectivity index (χ1) is 8.08. The fraction of sp³-hybridized carbons (Fsp3) is 0.667. The minimum absolute atomic E-state index is 0.335. The lowest BCUT2D eigenvalue weighted by atomic mass is 10.2. The number of alkyl halides is 3. The normalized spacial score (nSPS) is 12.3. The van der Waals surface area contributed by atoms with Crippen LogP contribution in [0.3, 0.4) is 0 Å². The Kier molecular flexibility index (Phi) is 3.82. The molecule has 1 heterocycles. The first kappa shape index (κ1) is 14.3. The summed E-state index contributed by atoms with van der Waals surface area (Å²) >= 11 is 0. The topological polar surface area (TPSA) is 77.2 Å². The summed E-state index contributed by atoms with van der Waals surface area (Å²) < 4.78 is 45.6. The zero-order valence-electron chi connectivity index (χ0n) is 9.96. The predicted octanol–water partition coefficient (Wildman–Crippen LogP) is 2.11. The number of carbonyl (C=O) groups excluding carboxylic acids is 1. The van der Waals surface area contributed by atoms with Crippen LogP contribution in [0, 0.1) is 0 Å². The Hall–Kier alpha value is -1.80. The van der Waals surface area contributed by atoms with Gasteiger partial charge in [0.1, 0.15) is 12.1 Å². The standard InChI is InChI=1S/C9H12F3N3O3/c1-8(2,3)17-7(16)13-4-5-14-6(15-18-5)9(10,11)12/h4H2,1-3H3,(H,13,16). The minimum atomic E-state index is -4.67. The Morgan fingerprint density at radius 3 is 2.44 bits per heavy atom. The van der Waals surface area contributed by atoms with Crippen molar-refractivity contribution in [3.63, 3.8) is 0 Å². The highest BCUT2D eigenvalue weighted by Gasteiger charge is 2.37. The van der Waals surface area contributed by atoms with Crippen LogP contribution in [-0.4, -0.2) is 21.8 Å². The number of hydrogen-bond donors (Lipinski definition) is 1. The fourth-order valence-corrected chi connectivity index (χ4v) is 0.904. The highest BCUT2D eigenvalue weighted by atomic mass is 19.4. The summed E-state index contributed by atoms with van der Waals surface area (Å²) in [6, 6.07) is 0. The zero-order chi connectivity index (χ0) is 14.0. The van der Waals surface area contributed by atoms with Gasteiger partial charge in [0, 0.05) is 0 Å². The summed E-state index contributed by atoms with van der Waals surface area (Å²) in [5.41, 5.74) is -0.698. The van der Waals surface area contributed by atoms with Crippen LogP contribution in [-0.2, 0) is 17.5 Å². The second-order valence-electron chi connectivity index (χ2n) is 4.36. The number of ether oxygens (including phenoxy) is 1. The maximum atomic E-state index is 12.1. The van der Waals surface area contributed by atoms with Crippen LogP contribution in [0.25, 0.3) is 0 Å². The van der Waals surface area contributed by atoms with Crippen molar-refractivity contribution in [2.75, 3.05) is 0 Å². The molecular formula is C9H12F3N3O3. The molecule has 0 saturated carbocycles. The SMILES string of the molecule is CC(C)(C)OC(=O)NCc1nc(C(F)(F)F)no1. The van der Waals surface area contributed by atoms with Gasteiger partial charge >= 0.3 is 12.3 Å². The number of nitrogens with one attached hydrogen (secondary N) is 1. The van der Waals surface area contributed by atoms with E-state index in [1.54, 1.807) is 20.8 Å². The lowest BCUT2D eigenvalue weighted by Gasteiger charge is -2.19. The second kappa shape index (κ2) is 4.83. The van der Waals surface area contributed by atoms with E-state index in [-0.39, 0.29) is 12.4 Å². The van der Waals surface area contributed by atoms with Crippen LogP contribution in [0.15, 0.2) is 4.52 Å². The van der Waals surface area contributed by atoms with Crippen LogP contribution in [0.1, 0.15) is 32.5 Å². The van der Waals surface area contributed by atoms with Crippen LogP contribution < -0.4 is 5.32 Å². The van der Waals surface area contributed by atoms with E-state index >= 15 is 0 Å². The van der Waals surface area contributed by atoms with Crippen molar-refractivity contribution in [1.29, 1.82) is 0 Å². The Morgan fingerprint density at radius 1 is 1.39 bits per heavy atom. The molecule has 0 bridgehead atoms.